The van der Waals surface area contributed by atoms with E-state index in [4.69, 9.17) is 0 Å². The van der Waals surface area contributed by atoms with Crippen LogP contribution in [0.2, 0.25) is 0 Å². The molecule has 5 rings (SSSR count). The van der Waals surface area contributed by atoms with Crippen molar-refractivity contribution in [2.45, 2.75) is 65.5 Å². The summed E-state index contributed by atoms with van der Waals surface area (Å²) >= 11 is 0. The van der Waals surface area contributed by atoms with E-state index in [0.29, 0.717) is 0 Å². The van der Waals surface area contributed by atoms with Gasteiger partial charge in [-0.3, -0.25) is 0 Å². The van der Waals surface area contributed by atoms with E-state index < -0.39 is 0 Å². The third-order valence-electron chi connectivity index (χ3n) is 7.32. The second kappa shape index (κ2) is 12.9. The van der Waals surface area contributed by atoms with Gasteiger partial charge in [0, 0.05) is 49.5 Å². The maximum absolute atomic E-state index is 12.6. The number of nitrogens with zero attached hydrogens (tertiary/aromatic N) is 1. The molecule has 1 aromatic carbocycles. The average Bonchev–Trinajstić information content (AvgIpc) is 3.22. The van der Waals surface area contributed by atoms with Crippen molar-refractivity contribution in [2.24, 2.45) is 5.92 Å². The molecule has 2 aliphatic carbocycles. The molecule has 179 valence electrons. The molecule has 5 heteroatoms. The van der Waals surface area contributed by atoms with Gasteiger partial charge in [0.25, 0.3) is 0 Å². The first-order valence-electron chi connectivity index (χ1n) is 12.8. The van der Waals surface area contributed by atoms with Gasteiger partial charge >= 0.3 is 6.03 Å². The van der Waals surface area contributed by atoms with E-state index in [1.807, 2.05) is 26.0 Å². The molecule has 0 aromatic heterocycles. The van der Waals surface area contributed by atoms with Gasteiger partial charge in [0.2, 0.25) is 0 Å². The van der Waals surface area contributed by atoms with Crippen LogP contribution < -0.4 is 10.6 Å². The van der Waals surface area contributed by atoms with Gasteiger partial charge in [0.1, 0.15) is 13.1 Å². The Labute approximate surface area is 231 Å². The van der Waals surface area contributed by atoms with E-state index in [0.717, 1.165) is 54.1 Å². The van der Waals surface area contributed by atoms with Crippen LogP contribution in [0, 0.1) is 12.3 Å². The predicted octanol–water partition coefficient (Wildman–Crippen LogP) is 6.79. The SMILES string of the molecule is CC.O=C(NC1=CC=CCC1)Nc1cccc2c1C[N+]1(CCC(CC3=CC[CH-]C=C3)CC1)C2.[Y]. The molecule has 0 bridgehead atoms. The fraction of sp³-hybridized carbons (Fsp3) is 0.448. The van der Waals surface area contributed by atoms with Crippen LogP contribution in [0.1, 0.15) is 63.5 Å². The molecule has 1 aromatic rings. The third-order valence-corrected chi connectivity index (χ3v) is 7.32. The van der Waals surface area contributed by atoms with E-state index in [9.17, 15) is 4.79 Å². The van der Waals surface area contributed by atoms with Crippen LogP contribution in [0.25, 0.3) is 0 Å². The Morgan fingerprint density at radius 3 is 2.68 bits per heavy atom. The van der Waals surface area contributed by atoms with Crippen molar-refractivity contribution >= 4 is 11.7 Å². The number of carbonyl (C=O) groups excluding carboxylic acids is 1. The molecule has 1 radical (unpaired) electrons. The van der Waals surface area contributed by atoms with Gasteiger partial charge in [-0.2, -0.15) is 0 Å². The van der Waals surface area contributed by atoms with Gasteiger partial charge in [-0.05, 0) is 50.2 Å². The Balaban J connectivity index is 0.00000105. The molecule has 2 N–H and O–H groups in total. The first-order valence-corrected chi connectivity index (χ1v) is 12.8. The number of allylic oxidation sites excluding steroid dienone is 8. The number of benzene rings is 1. The summed E-state index contributed by atoms with van der Waals surface area (Å²) in [5.74, 6) is 0.808. The number of amides is 2. The fourth-order valence-electron chi connectivity index (χ4n) is 5.58. The van der Waals surface area contributed by atoms with Gasteiger partial charge in [-0.15, -0.1) is 11.6 Å². The molecule has 4 nitrogen and oxygen atoms in total. The number of hydrogen-bond donors (Lipinski definition) is 2. The van der Waals surface area contributed by atoms with Crippen LogP contribution in [0.4, 0.5) is 10.5 Å². The second-order valence-corrected chi connectivity index (χ2v) is 9.54. The Hall–Kier alpha value is -1.62. The predicted molar refractivity (Wildman–Crippen MR) is 137 cm³/mol. The van der Waals surface area contributed by atoms with Crippen LogP contribution in [0.3, 0.4) is 0 Å². The third kappa shape index (κ3) is 6.74. The molecule has 2 amide bonds. The van der Waals surface area contributed by atoms with Crippen molar-refractivity contribution in [3.63, 3.8) is 0 Å². The number of hydrogen-bond acceptors (Lipinski definition) is 1. The zero-order valence-corrected chi connectivity index (χ0v) is 23.7. The molecule has 4 aliphatic rings. The van der Waals surface area contributed by atoms with E-state index in [2.05, 4.69) is 59.6 Å². The van der Waals surface area contributed by atoms with E-state index in [1.54, 1.807) is 0 Å². The van der Waals surface area contributed by atoms with Gasteiger partial charge in [0.05, 0.1) is 18.8 Å². The molecule has 1 fully saturated rings. The summed E-state index contributed by atoms with van der Waals surface area (Å²) in [5.41, 5.74) is 6.23. The zero-order valence-electron chi connectivity index (χ0n) is 20.9. The van der Waals surface area contributed by atoms with E-state index in [1.165, 1.54) is 49.1 Å². The van der Waals surface area contributed by atoms with Gasteiger partial charge in [-0.1, -0.05) is 44.6 Å². The Bertz CT molecular complexity index is 968. The van der Waals surface area contributed by atoms with Crippen LogP contribution >= 0.6 is 0 Å². The minimum absolute atomic E-state index is 0. The minimum Gasteiger partial charge on any atom is -0.316 e. The zero-order chi connectivity index (χ0) is 23.1. The number of carbonyl (C=O) groups is 1. The first-order chi connectivity index (χ1) is 16.2. The quantitative estimate of drug-likeness (QED) is 0.324. The summed E-state index contributed by atoms with van der Waals surface area (Å²) in [6, 6.07) is 6.27. The molecule has 0 atom stereocenters. The number of quaternary nitrogens is 1. The number of rotatable bonds is 4. The Kier molecular flexibility index (Phi) is 10.2. The van der Waals surface area contributed by atoms with Crippen LogP contribution in [0.5, 0.6) is 0 Å². The van der Waals surface area contributed by atoms with Gasteiger partial charge in [-0.25, -0.2) is 23.4 Å². The minimum atomic E-state index is -0.127. The standard InChI is InChI=1S/C27H33N3O.C2H6.Y/c31-27(28-24-11-5-2-6-12-24)29-26-13-7-10-23-19-30(20-25(23)26)16-14-22(15-17-30)18-21-8-3-1-4-9-21;1-2;/h1-3,5,7-11,13,22H,4,6,12,14-20H2,(H2,28,29,31);1-2H3;. The summed E-state index contributed by atoms with van der Waals surface area (Å²) in [6.07, 6.45) is 22.0. The Morgan fingerprint density at radius 1 is 1.15 bits per heavy atom. The van der Waals surface area contributed by atoms with Crippen molar-refractivity contribution in [3.8, 4) is 0 Å². The molecule has 2 heterocycles. The van der Waals surface area contributed by atoms with Crippen LogP contribution in [0.15, 0.2) is 65.9 Å². The van der Waals surface area contributed by atoms with Crippen LogP contribution in [-0.4, -0.2) is 23.6 Å². The van der Waals surface area contributed by atoms with Crippen molar-refractivity contribution in [1.29, 1.82) is 0 Å². The number of urea groups is 1. The number of piperidine rings is 1. The summed E-state index contributed by atoms with van der Waals surface area (Å²) in [5, 5.41) is 6.15. The molecule has 0 saturated carbocycles. The number of anilines is 1. The maximum Gasteiger partial charge on any atom is 0.323 e. The largest absolute Gasteiger partial charge is 0.323 e. The average molecular weight is 535 g/mol. The summed E-state index contributed by atoms with van der Waals surface area (Å²) in [4.78, 5) is 12.6. The molecule has 0 unspecified atom stereocenters. The first kappa shape index (κ1) is 27.0. The molecule has 2 aliphatic heterocycles. The molecule has 1 spiro atoms. The van der Waals surface area contributed by atoms with Gasteiger partial charge < -0.3 is 15.1 Å². The number of fused-ring (bicyclic) bond motifs is 1. The second-order valence-electron chi connectivity index (χ2n) is 9.54. The molecule has 1 saturated heterocycles. The summed E-state index contributed by atoms with van der Waals surface area (Å²) in [7, 11) is 0. The molecule has 34 heavy (non-hydrogen) atoms. The smallest absolute Gasteiger partial charge is 0.316 e. The van der Waals surface area contributed by atoms with Gasteiger partial charge in [0.15, 0.2) is 0 Å². The van der Waals surface area contributed by atoms with Crippen molar-refractivity contribution in [1.82, 2.24) is 5.32 Å². The monoisotopic (exact) mass is 534 g/mol. The van der Waals surface area contributed by atoms with E-state index in [-0.39, 0.29) is 38.7 Å². The molecular formula is C29H39N3OY. The van der Waals surface area contributed by atoms with E-state index >= 15 is 0 Å². The summed E-state index contributed by atoms with van der Waals surface area (Å²) < 4.78 is 1.16. The normalized spacial score (nSPS) is 24.5. The van der Waals surface area contributed by atoms with Crippen molar-refractivity contribution < 1.29 is 42.0 Å². The topological polar surface area (TPSA) is 41.1 Å². The van der Waals surface area contributed by atoms with Crippen molar-refractivity contribution in [2.75, 3.05) is 18.4 Å². The number of nitrogens with one attached hydrogen (secondary N) is 2. The van der Waals surface area contributed by atoms with Crippen molar-refractivity contribution in [3.05, 3.63) is 83.5 Å². The fourth-order valence-corrected chi connectivity index (χ4v) is 5.58. The maximum atomic E-state index is 12.6. The Morgan fingerprint density at radius 2 is 1.97 bits per heavy atom. The summed E-state index contributed by atoms with van der Waals surface area (Å²) in [6.45, 7) is 8.63. The molecular weight excluding hydrogens is 495 g/mol. The van der Waals surface area contributed by atoms with Crippen LogP contribution in [-0.2, 0) is 45.8 Å².